The van der Waals surface area contributed by atoms with E-state index in [1.807, 2.05) is 0 Å². The molecule has 0 aliphatic heterocycles. The van der Waals surface area contributed by atoms with E-state index in [0.717, 1.165) is 0 Å². The predicted molar refractivity (Wildman–Crippen MR) is 6.72 cm³/mol. The fourth-order valence-electron chi connectivity index (χ4n) is 0. The van der Waals surface area contributed by atoms with Crippen molar-refractivity contribution < 1.29 is 50.3 Å². The SMILES string of the molecule is [Co+2].[Co+2].[Co+2].[N-3].[N-3]. The molecule has 0 fully saturated rings. The Bertz CT molecular complexity index is 4.85. The standard InChI is InChI=1S/3Co.2N/q3*+2;2*-3. The van der Waals surface area contributed by atoms with Crippen molar-refractivity contribution in [2.45, 2.75) is 0 Å². The van der Waals surface area contributed by atoms with Gasteiger partial charge < -0.3 is 12.3 Å². The van der Waals surface area contributed by atoms with Crippen molar-refractivity contribution >= 4 is 0 Å². The molecule has 0 spiro atoms. The minimum atomic E-state index is 0. The van der Waals surface area contributed by atoms with E-state index in [4.69, 9.17) is 0 Å². The third-order valence-corrected chi connectivity index (χ3v) is 0. The van der Waals surface area contributed by atoms with Gasteiger partial charge in [0.2, 0.25) is 0 Å². The van der Waals surface area contributed by atoms with Crippen molar-refractivity contribution in [3.8, 4) is 0 Å². The minimum Gasteiger partial charge on any atom is -3.00 e. The molecule has 0 atom stereocenters. The molecule has 0 saturated heterocycles. The fourth-order valence-corrected chi connectivity index (χ4v) is 0. The largest absolute Gasteiger partial charge is 3.00 e. The molecule has 0 aromatic heterocycles. The van der Waals surface area contributed by atoms with Gasteiger partial charge >= 0.3 is 50.3 Å². The van der Waals surface area contributed by atoms with Gasteiger partial charge in [-0.05, 0) is 0 Å². The average Bonchev–Trinajstić information content (AvgIpc) is 0. The van der Waals surface area contributed by atoms with E-state index in [0.29, 0.717) is 0 Å². The second-order valence-electron chi connectivity index (χ2n) is 0. The first-order valence-electron chi connectivity index (χ1n) is 0. The molecule has 0 amide bonds. The molecule has 0 bridgehead atoms. The van der Waals surface area contributed by atoms with Gasteiger partial charge in [-0.25, -0.2) is 0 Å². The maximum absolute atomic E-state index is 0. The van der Waals surface area contributed by atoms with Gasteiger partial charge in [0.05, 0.1) is 0 Å². The fraction of sp³-hybridized carbons (Fsp3) is 0. The van der Waals surface area contributed by atoms with Crippen molar-refractivity contribution in [3.63, 3.8) is 0 Å². The van der Waals surface area contributed by atoms with E-state index in [2.05, 4.69) is 0 Å². The molecular weight excluding hydrogens is 205 g/mol. The second-order valence-corrected chi connectivity index (χ2v) is 0. The molecule has 2 nitrogen and oxygen atoms in total. The zero-order valence-corrected chi connectivity index (χ0v) is 5.02. The predicted octanol–water partition coefficient (Wildman–Crippen LogP) is 0.570. The van der Waals surface area contributed by atoms with E-state index in [-0.39, 0.29) is 62.6 Å². The summed E-state index contributed by atoms with van der Waals surface area (Å²) in [5.41, 5.74) is 0. The molecule has 0 N–H and O–H groups in total. The summed E-state index contributed by atoms with van der Waals surface area (Å²) in [6.07, 6.45) is 0. The normalized spacial score (nSPS) is 0. The van der Waals surface area contributed by atoms with Gasteiger partial charge in [-0.15, -0.1) is 0 Å². The van der Waals surface area contributed by atoms with Crippen LogP contribution in [0, 0.1) is 0 Å². The van der Waals surface area contributed by atoms with Crippen molar-refractivity contribution in [3.05, 3.63) is 12.3 Å². The Labute approximate surface area is 62.6 Å². The molecule has 0 aliphatic carbocycles. The summed E-state index contributed by atoms with van der Waals surface area (Å²) in [6.45, 7) is 0. The van der Waals surface area contributed by atoms with Crippen LogP contribution in [-0.4, -0.2) is 0 Å². The molecule has 5 heavy (non-hydrogen) atoms. The van der Waals surface area contributed by atoms with Crippen LogP contribution in [-0.2, 0) is 50.3 Å². The summed E-state index contributed by atoms with van der Waals surface area (Å²) in [5, 5.41) is 0. The molecule has 0 aliphatic rings. The van der Waals surface area contributed by atoms with Gasteiger partial charge in [-0.2, -0.15) is 0 Å². The second kappa shape index (κ2) is 51.7. The minimum absolute atomic E-state index is 0. The van der Waals surface area contributed by atoms with Crippen LogP contribution in [0.1, 0.15) is 0 Å². The van der Waals surface area contributed by atoms with E-state index < -0.39 is 0 Å². The smallest absolute Gasteiger partial charge is 2.00 e. The topological polar surface area (TPSA) is 61.0 Å². The van der Waals surface area contributed by atoms with E-state index >= 15 is 0 Å². The third kappa shape index (κ3) is 31.1. The van der Waals surface area contributed by atoms with Gasteiger partial charge in [-0.1, -0.05) is 0 Å². The molecule has 0 rings (SSSR count). The first-order valence-corrected chi connectivity index (χ1v) is 0. The number of hydrogen-bond donors (Lipinski definition) is 0. The van der Waals surface area contributed by atoms with Gasteiger partial charge in [0.1, 0.15) is 0 Å². The van der Waals surface area contributed by atoms with E-state index in [1.54, 1.807) is 0 Å². The number of hydrogen-bond acceptors (Lipinski definition) is 0. The first kappa shape index (κ1) is 92.0. The maximum atomic E-state index is 0. The van der Waals surface area contributed by atoms with Crippen molar-refractivity contribution in [1.82, 2.24) is 0 Å². The van der Waals surface area contributed by atoms with Crippen LogP contribution < -0.4 is 0 Å². The van der Waals surface area contributed by atoms with Crippen molar-refractivity contribution in [2.75, 3.05) is 0 Å². The van der Waals surface area contributed by atoms with Gasteiger partial charge in [0, 0.05) is 0 Å². The molecule has 0 aromatic rings. The zero-order chi connectivity index (χ0) is 0. The Hall–Kier alpha value is 1.44. The van der Waals surface area contributed by atoms with Crippen LogP contribution in [0.15, 0.2) is 0 Å². The van der Waals surface area contributed by atoms with Crippen molar-refractivity contribution in [1.29, 1.82) is 0 Å². The Morgan fingerprint density at radius 3 is 0.400 bits per heavy atom. The van der Waals surface area contributed by atoms with Crippen LogP contribution in [0.2, 0.25) is 0 Å². The van der Waals surface area contributed by atoms with Crippen LogP contribution >= 0.6 is 0 Å². The summed E-state index contributed by atoms with van der Waals surface area (Å²) in [5.74, 6) is 0. The number of nitrogens with zero attached hydrogens (tertiary/aromatic N) is 2. The molecule has 5 heteroatoms. The quantitative estimate of drug-likeness (QED) is 0.554. The zero-order valence-electron chi connectivity index (χ0n) is 1.89. The van der Waals surface area contributed by atoms with Crippen LogP contribution in [0.5, 0.6) is 0 Å². The van der Waals surface area contributed by atoms with Crippen LogP contribution in [0.4, 0.5) is 0 Å². The molecule has 0 unspecified atom stereocenters. The van der Waals surface area contributed by atoms with E-state index in [1.165, 1.54) is 0 Å². The monoisotopic (exact) mass is 205 g/mol. The molecule has 37 valence electrons. The summed E-state index contributed by atoms with van der Waals surface area (Å²) in [6, 6.07) is 0. The van der Waals surface area contributed by atoms with E-state index in [9.17, 15) is 0 Å². The Kier molecular flexibility index (Phi) is 951. The molecule has 0 aromatic carbocycles. The Balaban J connectivity index is 0. The van der Waals surface area contributed by atoms with Gasteiger partial charge in [0.15, 0.2) is 0 Å². The third-order valence-electron chi connectivity index (χ3n) is 0. The molecule has 0 heterocycles. The number of rotatable bonds is 0. The molecule has 0 saturated carbocycles. The Morgan fingerprint density at radius 2 is 0.400 bits per heavy atom. The summed E-state index contributed by atoms with van der Waals surface area (Å²) in [7, 11) is 0. The van der Waals surface area contributed by atoms with Gasteiger partial charge in [-0.3, -0.25) is 0 Å². The first-order chi connectivity index (χ1) is 0. The van der Waals surface area contributed by atoms with Crippen LogP contribution in [0.3, 0.4) is 0 Å². The summed E-state index contributed by atoms with van der Waals surface area (Å²) < 4.78 is 0. The molecular formula is Co3N2. The van der Waals surface area contributed by atoms with Crippen molar-refractivity contribution in [2.24, 2.45) is 0 Å². The average molecular weight is 205 g/mol. The van der Waals surface area contributed by atoms with Gasteiger partial charge in [0.25, 0.3) is 0 Å². The summed E-state index contributed by atoms with van der Waals surface area (Å²) >= 11 is 0. The summed E-state index contributed by atoms with van der Waals surface area (Å²) in [4.78, 5) is 0. The van der Waals surface area contributed by atoms with Crippen LogP contribution in [0.25, 0.3) is 12.3 Å². The maximum Gasteiger partial charge on any atom is 2.00 e. The Morgan fingerprint density at radius 1 is 0.400 bits per heavy atom. The molecule has 3 radical (unpaired) electrons.